The lowest BCUT2D eigenvalue weighted by molar-refractivity contribution is 0.0674. The van der Waals surface area contributed by atoms with Crippen LogP contribution in [0.15, 0.2) is 0 Å². The van der Waals surface area contributed by atoms with Gasteiger partial charge in [-0.3, -0.25) is 0 Å². The van der Waals surface area contributed by atoms with E-state index in [0.29, 0.717) is 12.7 Å². The number of aliphatic hydroxyl groups is 1. The Balaban J connectivity index is 2.72. The monoisotopic (exact) mass is 118 g/mol. The molecule has 1 N–H and O–H groups in total. The van der Waals surface area contributed by atoms with E-state index in [1.807, 2.05) is 13.8 Å². The second-order valence-electron chi connectivity index (χ2n) is 2.00. The summed E-state index contributed by atoms with van der Waals surface area (Å²) in [6.07, 6.45) is 1.04. The molecular formula is C6H14O2. The van der Waals surface area contributed by atoms with E-state index in [4.69, 9.17) is 9.84 Å². The third kappa shape index (κ3) is 5.92. The molecule has 50 valence electrons. The topological polar surface area (TPSA) is 29.5 Å². The first-order valence-electron chi connectivity index (χ1n) is 3.00. The van der Waals surface area contributed by atoms with Crippen LogP contribution in [0.1, 0.15) is 20.3 Å². The zero-order valence-corrected chi connectivity index (χ0v) is 5.55. The summed E-state index contributed by atoms with van der Waals surface area (Å²) in [7, 11) is 0. The summed E-state index contributed by atoms with van der Waals surface area (Å²) >= 11 is 0. The standard InChI is InChI=1S/C6H14O2/c1-6(2)8-5-3-4-7/h6-7H,3-5H2,1-2H3. The van der Waals surface area contributed by atoms with Gasteiger partial charge in [0, 0.05) is 13.2 Å². The summed E-state index contributed by atoms with van der Waals surface area (Å²) in [5.74, 6) is 0. The minimum Gasteiger partial charge on any atom is -0.396 e. The SMILES string of the molecule is CC(C)OCCCO. The molecule has 2 nitrogen and oxygen atoms in total. The van der Waals surface area contributed by atoms with Gasteiger partial charge in [0.15, 0.2) is 0 Å². The molecular weight excluding hydrogens is 104 g/mol. The van der Waals surface area contributed by atoms with E-state index in [9.17, 15) is 0 Å². The van der Waals surface area contributed by atoms with Gasteiger partial charge in [-0.05, 0) is 20.3 Å². The van der Waals surface area contributed by atoms with Crippen molar-refractivity contribution in [2.45, 2.75) is 26.4 Å². The van der Waals surface area contributed by atoms with Crippen molar-refractivity contribution >= 4 is 0 Å². The quantitative estimate of drug-likeness (QED) is 0.553. The van der Waals surface area contributed by atoms with Gasteiger partial charge in [0.25, 0.3) is 0 Å². The third-order valence-corrected chi connectivity index (χ3v) is 0.754. The van der Waals surface area contributed by atoms with E-state index in [1.165, 1.54) is 0 Å². The van der Waals surface area contributed by atoms with Crippen molar-refractivity contribution in [3.05, 3.63) is 0 Å². The van der Waals surface area contributed by atoms with Gasteiger partial charge in [0.2, 0.25) is 0 Å². The lowest BCUT2D eigenvalue weighted by Gasteiger charge is -2.04. The summed E-state index contributed by atoms with van der Waals surface area (Å²) in [5, 5.41) is 8.30. The predicted molar refractivity (Wildman–Crippen MR) is 32.8 cm³/mol. The van der Waals surface area contributed by atoms with Gasteiger partial charge < -0.3 is 9.84 Å². The lowest BCUT2D eigenvalue weighted by Crippen LogP contribution is -2.04. The van der Waals surface area contributed by atoms with Gasteiger partial charge in [-0.2, -0.15) is 0 Å². The van der Waals surface area contributed by atoms with E-state index in [1.54, 1.807) is 0 Å². The number of hydrogen-bond donors (Lipinski definition) is 1. The van der Waals surface area contributed by atoms with Crippen LogP contribution in [0.25, 0.3) is 0 Å². The summed E-state index contributed by atoms with van der Waals surface area (Å²) in [6, 6.07) is 0. The van der Waals surface area contributed by atoms with Crippen LogP contribution in [0.5, 0.6) is 0 Å². The molecule has 0 saturated carbocycles. The Morgan fingerprint density at radius 3 is 2.50 bits per heavy atom. The lowest BCUT2D eigenvalue weighted by atomic mass is 10.4. The smallest absolute Gasteiger partial charge is 0.0518 e. The normalized spacial score (nSPS) is 10.5. The minimum absolute atomic E-state index is 0.229. The molecule has 0 heterocycles. The second-order valence-corrected chi connectivity index (χ2v) is 2.00. The summed E-state index contributed by atoms with van der Waals surface area (Å²) < 4.78 is 5.12. The van der Waals surface area contributed by atoms with Crippen LogP contribution in [0.4, 0.5) is 0 Å². The molecule has 0 aromatic heterocycles. The van der Waals surface area contributed by atoms with Crippen molar-refractivity contribution in [2.24, 2.45) is 0 Å². The van der Waals surface area contributed by atoms with Gasteiger partial charge in [-0.25, -0.2) is 0 Å². The van der Waals surface area contributed by atoms with E-state index in [0.717, 1.165) is 6.42 Å². The highest BCUT2D eigenvalue weighted by molar-refractivity contribution is 4.36. The van der Waals surface area contributed by atoms with Crippen LogP contribution in [-0.2, 0) is 4.74 Å². The Hall–Kier alpha value is -0.0800. The molecule has 0 radical (unpaired) electrons. The highest BCUT2D eigenvalue weighted by Gasteiger charge is 1.89. The van der Waals surface area contributed by atoms with Crippen molar-refractivity contribution in [3.8, 4) is 0 Å². The molecule has 0 amide bonds. The largest absolute Gasteiger partial charge is 0.396 e. The zero-order valence-electron chi connectivity index (χ0n) is 5.55. The Labute approximate surface area is 50.5 Å². The van der Waals surface area contributed by atoms with Crippen molar-refractivity contribution in [3.63, 3.8) is 0 Å². The predicted octanol–water partition coefficient (Wildman–Crippen LogP) is 0.794. The van der Waals surface area contributed by atoms with Crippen LogP contribution < -0.4 is 0 Å². The van der Waals surface area contributed by atoms with Gasteiger partial charge >= 0.3 is 0 Å². The molecule has 0 aliphatic heterocycles. The van der Waals surface area contributed by atoms with Crippen LogP contribution in [0.3, 0.4) is 0 Å². The van der Waals surface area contributed by atoms with Crippen LogP contribution in [0, 0.1) is 0 Å². The fourth-order valence-electron chi connectivity index (χ4n) is 0.384. The summed E-state index contributed by atoms with van der Waals surface area (Å²) in [4.78, 5) is 0. The van der Waals surface area contributed by atoms with Crippen molar-refractivity contribution in [1.82, 2.24) is 0 Å². The molecule has 8 heavy (non-hydrogen) atoms. The minimum atomic E-state index is 0.229. The molecule has 0 aliphatic carbocycles. The fourth-order valence-corrected chi connectivity index (χ4v) is 0.384. The van der Waals surface area contributed by atoms with Crippen molar-refractivity contribution in [2.75, 3.05) is 13.2 Å². The molecule has 2 heteroatoms. The summed E-state index contributed by atoms with van der Waals surface area (Å²) in [5.41, 5.74) is 0. The van der Waals surface area contributed by atoms with E-state index < -0.39 is 0 Å². The molecule has 0 spiro atoms. The highest BCUT2D eigenvalue weighted by Crippen LogP contribution is 1.88. The number of hydrogen-bond acceptors (Lipinski definition) is 2. The molecule has 0 atom stereocenters. The van der Waals surface area contributed by atoms with Gasteiger partial charge in [0.1, 0.15) is 0 Å². The maximum Gasteiger partial charge on any atom is 0.0518 e. The van der Waals surface area contributed by atoms with E-state index >= 15 is 0 Å². The molecule has 0 aliphatic rings. The maximum absolute atomic E-state index is 8.30. The molecule has 0 aromatic carbocycles. The van der Waals surface area contributed by atoms with Gasteiger partial charge in [-0.1, -0.05) is 0 Å². The molecule has 0 fully saturated rings. The molecule has 0 rings (SSSR count). The van der Waals surface area contributed by atoms with Crippen molar-refractivity contribution < 1.29 is 9.84 Å². The first-order valence-corrected chi connectivity index (χ1v) is 3.00. The van der Waals surface area contributed by atoms with Crippen LogP contribution in [0.2, 0.25) is 0 Å². The molecule has 0 unspecified atom stereocenters. The fraction of sp³-hybridized carbons (Fsp3) is 1.00. The molecule has 0 saturated heterocycles. The Kier molecular flexibility index (Phi) is 5.01. The first kappa shape index (κ1) is 7.92. The maximum atomic E-state index is 8.30. The summed E-state index contributed by atoms with van der Waals surface area (Å²) in [6.45, 7) is 4.87. The van der Waals surface area contributed by atoms with Crippen molar-refractivity contribution in [1.29, 1.82) is 0 Å². The highest BCUT2D eigenvalue weighted by atomic mass is 16.5. The average molecular weight is 118 g/mol. The van der Waals surface area contributed by atoms with Crippen LogP contribution >= 0.6 is 0 Å². The van der Waals surface area contributed by atoms with Gasteiger partial charge in [0.05, 0.1) is 6.10 Å². The third-order valence-electron chi connectivity index (χ3n) is 0.754. The number of aliphatic hydroxyl groups excluding tert-OH is 1. The Morgan fingerprint density at radius 2 is 2.12 bits per heavy atom. The number of rotatable bonds is 4. The zero-order chi connectivity index (χ0) is 6.41. The van der Waals surface area contributed by atoms with E-state index in [2.05, 4.69) is 0 Å². The first-order chi connectivity index (χ1) is 3.77. The second kappa shape index (κ2) is 5.06. The average Bonchev–Trinajstić information content (AvgIpc) is 1.66. The Bertz CT molecular complexity index is 43.8. The molecule has 0 aromatic rings. The van der Waals surface area contributed by atoms with E-state index in [-0.39, 0.29) is 6.61 Å². The Morgan fingerprint density at radius 1 is 1.50 bits per heavy atom. The van der Waals surface area contributed by atoms with Crippen LogP contribution in [-0.4, -0.2) is 24.4 Å². The van der Waals surface area contributed by atoms with Gasteiger partial charge in [-0.15, -0.1) is 0 Å². The molecule has 0 bridgehead atoms. The number of ether oxygens (including phenoxy) is 1.